The van der Waals surface area contributed by atoms with Gasteiger partial charge in [-0.15, -0.1) is 33.2 Å². The third-order valence-corrected chi connectivity index (χ3v) is 7.58. The first-order chi connectivity index (χ1) is 8.27. The molecular weight excluding hydrogens is 311 g/mol. The molecule has 0 N–H and O–H groups in total. The van der Waals surface area contributed by atoms with E-state index in [1.165, 1.54) is 0 Å². The minimum Gasteiger partial charge on any atom is -0.461 e. The summed E-state index contributed by atoms with van der Waals surface area (Å²) in [5.41, 5.74) is -0.980. The summed E-state index contributed by atoms with van der Waals surface area (Å²) in [4.78, 5) is 12.4. The summed E-state index contributed by atoms with van der Waals surface area (Å²) < 4.78 is 5.50. The number of fused-ring (bicyclic) bond motifs is 2. The van der Waals surface area contributed by atoms with Crippen LogP contribution in [0, 0.1) is 17.3 Å². The predicted molar refractivity (Wildman–Crippen MR) is 76.9 cm³/mol. The molecule has 2 bridgehead atoms. The summed E-state index contributed by atoms with van der Waals surface area (Å²) in [6, 6.07) is -3.00. The quantitative estimate of drug-likeness (QED) is 0.336. The van der Waals surface area contributed by atoms with Crippen LogP contribution in [0.15, 0.2) is 12.2 Å². The molecule has 18 heavy (non-hydrogen) atoms. The second-order valence-corrected chi connectivity index (χ2v) is 14.3. The molecule has 0 aliphatic heterocycles. The van der Waals surface area contributed by atoms with Crippen LogP contribution in [0.4, 0.5) is 0 Å². The second kappa shape index (κ2) is 5.00. The number of hydrogen-bond acceptors (Lipinski definition) is 2. The Hall–Kier alpha value is 0.297. The number of carbonyl (C=O) groups is 1. The largest absolute Gasteiger partial charge is 0.461 e. The standard InChI is InChI=1S/C12H17Cl3O2Si/c1-3-10(18(13,14)15)17-11(16)12(2)7-8-4-5-9(12)6-8/h4-5,8-10H,3,6-7H2,1-2H3. The molecule has 0 aromatic rings. The maximum absolute atomic E-state index is 12.4. The van der Waals surface area contributed by atoms with E-state index in [0.29, 0.717) is 12.3 Å². The lowest BCUT2D eigenvalue weighted by molar-refractivity contribution is -0.158. The summed E-state index contributed by atoms with van der Waals surface area (Å²) in [6.45, 7) is 3.84. The van der Waals surface area contributed by atoms with E-state index in [1.807, 2.05) is 13.8 Å². The predicted octanol–water partition coefficient (Wildman–Crippen LogP) is 4.11. The van der Waals surface area contributed by atoms with Gasteiger partial charge in [-0.3, -0.25) is 4.79 Å². The maximum atomic E-state index is 12.4. The zero-order chi connectivity index (χ0) is 13.6. The summed E-state index contributed by atoms with van der Waals surface area (Å²) in [5.74, 6) is 0.590. The maximum Gasteiger partial charge on any atom is 0.381 e. The van der Waals surface area contributed by atoms with Crippen molar-refractivity contribution in [2.45, 2.75) is 38.8 Å². The first-order valence-corrected chi connectivity index (χ1v) is 11.3. The normalized spacial score (nSPS) is 35.8. The number of ether oxygens (including phenoxy) is 1. The van der Waals surface area contributed by atoms with Crippen molar-refractivity contribution >= 4 is 45.2 Å². The van der Waals surface area contributed by atoms with Gasteiger partial charge >= 0.3 is 12.0 Å². The molecule has 2 nitrogen and oxygen atoms in total. The monoisotopic (exact) mass is 326 g/mol. The van der Waals surface area contributed by atoms with Crippen molar-refractivity contribution in [3.63, 3.8) is 0 Å². The van der Waals surface area contributed by atoms with Gasteiger partial charge in [-0.25, -0.2) is 0 Å². The Morgan fingerprint density at radius 2 is 2.17 bits per heavy atom. The van der Waals surface area contributed by atoms with E-state index in [4.69, 9.17) is 38.0 Å². The van der Waals surface area contributed by atoms with Gasteiger partial charge in [-0.05, 0) is 38.0 Å². The van der Waals surface area contributed by atoms with Crippen molar-refractivity contribution in [2.24, 2.45) is 17.3 Å². The number of rotatable bonds is 4. The van der Waals surface area contributed by atoms with Crippen LogP contribution in [0.1, 0.15) is 33.1 Å². The number of allylic oxidation sites excluding steroid dienone is 2. The van der Waals surface area contributed by atoms with Crippen molar-refractivity contribution in [1.29, 1.82) is 0 Å². The van der Waals surface area contributed by atoms with Crippen molar-refractivity contribution in [3.05, 3.63) is 12.2 Å². The number of hydrogen-bond donors (Lipinski definition) is 0. The highest BCUT2D eigenvalue weighted by atomic mass is 35.8. The number of halogens is 3. The van der Waals surface area contributed by atoms with Crippen molar-refractivity contribution in [3.8, 4) is 0 Å². The van der Waals surface area contributed by atoms with Gasteiger partial charge in [0.1, 0.15) is 5.73 Å². The van der Waals surface area contributed by atoms with Gasteiger partial charge in [0.25, 0.3) is 0 Å². The molecule has 0 aromatic heterocycles. The molecule has 0 aromatic carbocycles. The van der Waals surface area contributed by atoms with Gasteiger partial charge in [0.05, 0.1) is 5.41 Å². The Morgan fingerprint density at radius 1 is 1.50 bits per heavy atom. The molecular formula is C12H17Cl3O2Si. The lowest BCUT2D eigenvalue weighted by atomic mass is 9.78. The molecule has 2 rings (SSSR count). The lowest BCUT2D eigenvalue weighted by Gasteiger charge is -2.32. The van der Waals surface area contributed by atoms with Gasteiger partial charge in [-0.2, -0.15) is 0 Å². The Bertz CT molecular complexity index is 380. The molecule has 0 spiro atoms. The highest BCUT2D eigenvalue weighted by molar-refractivity contribution is 7.65. The summed E-state index contributed by atoms with van der Waals surface area (Å²) in [6.07, 6.45) is 6.77. The molecule has 2 aliphatic carbocycles. The van der Waals surface area contributed by atoms with Crippen LogP contribution in [0.25, 0.3) is 0 Å². The smallest absolute Gasteiger partial charge is 0.381 e. The van der Waals surface area contributed by atoms with Gasteiger partial charge in [0.15, 0.2) is 0 Å². The molecule has 1 saturated carbocycles. The van der Waals surface area contributed by atoms with Crippen LogP contribution in [-0.2, 0) is 9.53 Å². The van der Waals surface area contributed by atoms with E-state index in [0.717, 1.165) is 12.8 Å². The topological polar surface area (TPSA) is 26.3 Å². The number of carbonyl (C=O) groups excluding carboxylic acids is 1. The summed E-state index contributed by atoms with van der Waals surface area (Å²) in [5, 5.41) is 0. The van der Waals surface area contributed by atoms with Crippen molar-refractivity contribution < 1.29 is 9.53 Å². The van der Waals surface area contributed by atoms with E-state index in [-0.39, 0.29) is 11.9 Å². The van der Waals surface area contributed by atoms with Gasteiger partial charge in [-0.1, -0.05) is 19.1 Å². The second-order valence-electron chi connectivity index (χ2n) is 5.45. The van der Waals surface area contributed by atoms with E-state index in [1.54, 1.807) is 0 Å². The number of esters is 1. The summed E-state index contributed by atoms with van der Waals surface area (Å²) in [7, 11) is 0. The zero-order valence-corrected chi connectivity index (χ0v) is 13.7. The molecule has 0 saturated heterocycles. The molecule has 4 atom stereocenters. The molecule has 1 fully saturated rings. The Morgan fingerprint density at radius 3 is 2.56 bits per heavy atom. The van der Waals surface area contributed by atoms with E-state index in [2.05, 4.69) is 12.2 Å². The fraction of sp³-hybridized carbons (Fsp3) is 0.750. The van der Waals surface area contributed by atoms with Crippen LogP contribution in [0.5, 0.6) is 0 Å². The third-order valence-electron chi connectivity index (χ3n) is 4.13. The molecule has 102 valence electrons. The minimum atomic E-state index is -3.00. The first-order valence-electron chi connectivity index (χ1n) is 6.23. The molecule has 6 heteroatoms. The van der Waals surface area contributed by atoms with Crippen LogP contribution < -0.4 is 0 Å². The molecule has 2 aliphatic rings. The van der Waals surface area contributed by atoms with E-state index < -0.39 is 17.1 Å². The van der Waals surface area contributed by atoms with Crippen LogP contribution in [0.3, 0.4) is 0 Å². The Balaban J connectivity index is 2.06. The Kier molecular flexibility index (Phi) is 4.09. The molecule has 4 unspecified atom stereocenters. The molecule has 0 radical (unpaired) electrons. The average Bonchev–Trinajstić information content (AvgIpc) is 2.83. The SMILES string of the molecule is CCC(OC(=O)C1(C)CC2C=CC1C2)[Si](Cl)(Cl)Cl. The van der Waals surface area contributed by atoms with Crippen molar-refractivity contribution in [1.82, 2.24) is 0 Å². The average molecular weight is 328 g/mol. The lowest BCUT2D eigenvalue weighted by Crippen LogP contribution is -2.42. The van der Waals surface area contributed by atoms with E-state index >= 15 is 0 Å². The van der Waals surface area contributed by atoms with Crippen LogP contribution in [-0.4, -0.2) is 17.7 Å². The Labute approximate surface area is 123 Å². The third kappa shape index (κ3) is 2.60. The van der Waals surface area contributed by atoms with Gasteiger partial charge in [0, 0.05) is 0 Å². The first kappa shape index (κ1) is 14.7. The highest BCUT2D eigenvalue weighted by Crippen LogP contribution is 2.52. The van der Waals surface area contributed by atoms with Crippen LogP contribution >= 0.6 is 33.2 Å². The van der Waals surface area contributed by atoms with Crippen LogP contribution in [0.2, 0.25) is 0 Å². The van der Waals surface area contributed by atoms with Crippen molar-refractivity contribution in [2.75, 3.05) is 0 Å². The minimum absolute atomic E-state index is 0.204. The summed E-state index contributed by atoms with van der Waals surface area (Å²) >= 11 is 17.9. The van der Waals surface area contributed by atoms with E-state index in [9.17, 15) is 4.79 Å². The fourth-order valence-corrected chi connectivity index (χ4v) is 5.47. The van der Waals surface area contributed by atoms with Gasteiger partial charge in [0.2, 0.25) is 0 Å². The molecule has 0 heterocycles. The van der Waals surface area contributed by atoms with Gasteiger partial charge < -0.3 is 4.74 Å². The zero-order valence-electron chi connectivity index (χ0n) is 10.5. The highest BCUT2D eigenvalue weighted by Gasteiger charge is 2.52. The molecule has 0 amide bonds. The fourth-order valence-electron chi connectivity index (χ4n) is 2.97.